The van der Waals surface area contributed by atoms with Gasteiger partial charge in [-0.25, -0.2) is 4.79 Å². The second-order valence-corrected chi connectivity index (χ2v) is 9.38. The van der Waals surface area contributed by atoms with Gasteiger partial charge in [0.1, 0.15) is 24.9 Å². The highest BCUT2D eigenvalue weighted by Gasteiger charge is 2.43. The molecule has 1 N–H and O–H groups in total. The van der Waals surface area contributed by atoms with Crippen LogP contribution < -0.4 is 9.64 Å². The molecule has 3 aromatic carbocycles. The lowest BCUT2D eigenvalue weighted by atomic mass is 10.00. The van der Waals surface area contributed by atoms with Gasteiger partial charge in [0.2, 0.25) is 0 Å². The molecule has 172 valence electrons. The molecule has 0 aromatic heterocycles. The van der Waals surface area contributed by atoms with Crippen LogP contribution in [0, 0.1) is 0 Å². The summed E-state index contributed by atoms with van der Waals surface area (Å²) in [5.41, 5.74) is 3.91. The number of aliphatic hydroxyl groups excluding tert-OH is 1. The first-order valence-electron chi connectivity index (χ1n) is 11.1. The van der Waals surface area contributed by atoms with Crippen LogP contribution in [0.25, 0.3) is 0 Å². The lowest BCUT2D eigenvalue weighted by Crippen LogP contribution is -2.33. The molecular weight excluding hydrogens is 416 g/mol. The number of benzene rings is 3. The first kappa shape index (κ1) is 22.8. The van der Waals surface area contributed by atoms with E-state index in [0.29, 0.717) is 6.61 Å². The first-order valence-corrected chi connectivity index (χ1v) is 11.1. The number of quaternary nitrogens is 1. The molecular formula is C27H31N2O4+. The molecule has 1 aliphatic heterocycles. The molecule has 6 nitrogen and oxygen atoms in total. The molecule has 0 saturated carbocycles. The van der Waals surface area contributed by atoms with Crippen LogP contribution >= 0.6 is 0 Å². The number of rotatable bonds is 8. The number of carbonyl (C=O) groups is 1. The maximum absolute atomic E-state index is 12.7. The zero-order valence-electron chi connectivity index (χ0n) is 19.3. The highest BCUT2D eigenvalue weighted by molar-refractivity contribution is 5.91. The Balaban J connectivity index is 1.53. The summed E-state index contributed by atoms with van der Waals surface area (Å²) in [4.78, 5) is 14.4. The van der Waals surface area contributed by atoms with E-state index in [2.05, 4.69) is 21.1 Å². The second kappa shape index (κ2) is 9.65. The molecule has 1 fully saturated rings. The average molecular weight is 448 g/mol. The van der Waals surface area contributed by atoms with E-state index in [-0.39, 0.29) is 6.61 Å². The molecule has 1 amide bonds. The summed E-state index contributed by atoms with van der Waals surface area (Å²) in [5.74, 6) is 0.740. The minimum absolute atomic E-state index is 0.251. The van der Waals surface area contributed by atoms with Gasteiger partial charge >= 0.3 is 6.09 Å². The van der Waals surface area contributed by atoms with Crippen molar-refractivity contribution < 1.29 is 23.9 Å². The standard InChI is InChI=1S/C27H31N2O4/c1-29(2,3)17-20-9-13-23(14-10-20)28-26(25(18-30)33-27(28)31)22-11-15-24(16-12-22)32-19-21-7-5-4-6-8-21/h4-16,25-26,30H,17-19H2,1-3H3/q+1/t25-,26-/m1/s1. The number of nitrogens with zero attached hydrogens (tertiary/aromatic N) is 2. The van der Waals surface area contributed by atoms with Crippen LogP contribution in [-0.4, -0.2) is 49.5 Å². The monoisotopic (exact) mass is 447 g/mol. The van der Waals surface area contributed by atoms with Crippen molar-refractivity contribution in [2.24, 2.45) is 0 Å². The lowest BCUT2D eigenvalue weighted by Gasteiger charge is -2.26. The molecule has 33 heavy (non-hydrogen) atoms. The number of carbonyl (C=O) groups excluding carboxylic acids is 1. The molecule has 0 aliphatic carbocycles. The topological polar surface area (TPSA) is 59.0 Å². The Labute approximate surface area is 195 Å². The number of hydrogen-bond donors (Lipinski definition) is 1. The van der Waals surface area contributed by atoms with Crippen molar-refractivity contribution in [2.45, 2.75) is 25.3 Å². The summed E-state index contributed by atoms with van der Waals surface area (Å²) >= 11 is 0. The Morgan fingerprint density at radius 1 is 0.909 bits per heavy atom. The van der Waals surface area contributed by atoms with Crippen LogP contribution in [-0.2, 0) is 17.9 Å². The van der Waals surface area contributed by atoms with Crippen LogP contribution in [0.5, 0.6) is 5.75 Å². The lowest BCUT2D eigenvalue weighted by molar-refractivity contribution is -0.884. The van der Waals surface area contributed by atoms with Crippen LogP contribution in [0.1, 0.15) is 22.7 Å². The molecule has 4 rings (SSSR count). The van der Waals surface area contributed by atoms with Crippen molar-refractivity contribution in [3.05, 3.63) is 95.6 Å². The minimum atomic E-state index is -0.639. The number of hydrogen-bond acceptors (Lipinski definition) is 4. The fraction of sp³-hybridized carbons (Fsp3) is 0.296. The first-order chi connectivity index (χ1) is 15.8. The zero-order valence-corrected chi connectivity index (χ0v) is 19.3. The summed E-state index contributed by atoms with van der Waals surface area (Å²) in [6.07, 6.45) is -1.10. The largest absolute Gasteiger partial charge is 0.489 e. The molecule has 1 heterocycles. The summed E-state index contributed by atoms with van der Waals surface area (Å²) < 4.78 is 12.2. The smallest absolute Gasteiger partial charge is 0.415 e. The van der Waals surface area contributed by atoms with E-state index in [9.17, 15) is 9.90 Å². The highest BCUT2D eigenvalue weighted by atomic mass is 16.6. The van der Waals surface area contributed by atoms with E-state index in [0.717, 1.165) is 33.6 Å². The van der Waals surface area contributed by atoms with Gasteiger partial charge in [0.05, 0.1) is 27.7 Å². The van der Waals surface area contributed by atoms with Gasteiger partial charge in [-0.2, -0.15) is 0 Å². The maximum Gasteiger partial charge on any atom is 0.415 e. The van der Waals surface area contributed by atoms with Gasteiger partial charge < -0.3 is 19.1 Å². The highest BCUT2D eigenvalue weighted by Crippen LogP contribution is 2.38. The van der Waals surface area contributed by atoms with Gasteiger partial charge in [-0.1, -0.05) is 54.6 Å². The number of cyclic esters (lactones) is 1. The molecule has 3 aromatic rings. The average Bonchev–Trinajstić information content (AvgIpc) is 3.14. The molecule has 0 radical (unpaired) electrons. The maximum atomic E-state index is 12.7. The molecule has 1 aliphatic rings. The molecule has 0 spiro atoms. The second-order valence-electron chi connectivity index (χ2n) is 9.38. The quantitative estimate of drug-likeness (QED) is 0.516. The van der Waals surface area contributed by atoms with Gasteiger partial charge in [0.15, 0.2) is 6.10 Å². The Bertz CT molecular complexity index is 1060. The van der Waals surface area contributed by atoms with E-state index in [4.69, 9.17) is 9.47 Å². The van der Waals surface area contributed by atoms with Crippen molar-refractivity contribution in [3.63, 3.8) is 0 Å². The van der Waals surface area contributed by atoms with Crippen molar-refractivity contribution in [1.29, 1.82) is 0 Å². The van der Waals surface area contributed by atoms with Gasteiger partial charge in [-0.3, -0.25) is 4.90 Å². The Hall–Kier alpha value is -3.35. The Morgan fingerprint density at radius 3 is 2.18 bits per heavy atom. The fourth-order valence-corrected chi connectivity index (χ4v) is 4.11. The van der Waals surface area contributed by atoms with Crippen LogP contribution in [0.3, 0.4) is 0 Å². The number of amides is 1. The van der Waals surface area contributed by atoms with Gasteiger partial charge in [-0.15, -0.1) is 0 Å². The number of aliphatic hydroxyl groups is 1. The molecule has 1 saturated heterocycles. The molecule has 0 bridgehead atoms. The summed E-state index contributed by atoms with van der Waals surface area (Å²) in [5, 5.41) is 9.89. The predicted octanol–water partition coefficient (Wildman–Crippen LogP) is 4.53. The summed E-state index contributed by atoms with van der Waals surface area (Å²) in [6, 6.07) is 25.1. The van der Waals surface area contributed by atoms with Gasteiger partial charge in [0, 0.05) is 11.3 Å². The molecule has 2 atom stereocenters. The predicted molar refractivity (Wildman–Crippen MR) is 128 cm³/mol. The van der Waals surface area contributed by atoms with Crippen molar-refractivity contribution in [1.82, 2.24) is 0 Å². The van der Waals surface area contributed by atoms with Crippen LogP contribution in [0.4, 0.5) is 10.5 Å². The van der Waals surface area contributed by atoms with Gasteiger partial charge in [-0.05, 0) is 35.4 Å². The third-order valence-electron chi connectivity index (χ3n) is 5.60. The van der Waals surface area contributed by atoms with Crippen molar-refractivity contribution >= 4 is 11.8 Å². The summed E-state index contributed by atoms with van der Waals surface area (Å²) in [6.45, 7) is 1.12. The summed E-state index contributed by atoms with van der Waals surface area (Å²) in [7, 11) is 6.42. The molecule has 6 heteroatoms. The fourth-order valence-electron chi connectivity index (χ4n) is 4.11. The molecule has 0 unspecified atom stereocenters. The van der Waals surface area contributed by atoms with Crippen LogP contribution in [0.2, 0.25) is 0 Å². The van der Waals surface area contributed by atoms with E-state index >= 15 is 0 Å². The normalized spacial score (nSPS) is 18.3. The van der Waals surface area contributed by atoms with Crippen LogP contribution in [0.15, 0.2) is 78.9 Å². The Kier molecular flexibility index (Phi) is 6.67. The zero-order chi connectivity index (χ0) is 23.4. The van der Waals surface area contributed by atoms with Gasteiger partial charge in [0.25, 0.3) is 0 Å². The van der Waals surface area contributed by atoms with E-state index in [1.165, 1.54) is 5.56 Å². The number of anilines is 1. The van der Waals surface area contributed by atoms with Crippen molar-refractivity contribution in [2.75, 3.05) is 32.6 Å². The minimum Gasteiger partial charge on any atom is -0.489 e. The third kappa shape index (κ3) is 5.53. The van der Waals surface area contributed by atoms with E-state index in [1.807, 2.05) is 78.9 Å². The SMILES string of the molecule is C[N+](C)(C)Cc1ccc(N2C(=O)O[C@H](CO)[C@H]2c2ccc(OCc3ccccc3)cc2)cc1. The van der Waals surface area contributed by atoms with E-state index in [1.54, 1.807) is 4.90 Å². The third-order valence-corrected chi connectivity index (χ3v) is 5.60. The van der Waals surface area contributed by atoms with E-state index < -0.39 is 18.2 Å². The Morgan fingerprint density at radius 2 is 1.58 bits per heavy atom. The van der Waals surface area contributed by atoms with Crippen molar-refractivity contribution in [3.8, 4) is 5.75 Å². The number of ether oxygens (including phenoxy) is 2.